The van der Waals surface area contributed by atoms with Gasteiger partial charge in [0.25, 0.3) is 0 Å². The Balaban J connectivity index is 0.00000200. The van der Waals surface area contributed by atoms with Crippen LogP contribution in [0, 0.1) is 11.3 Å². The summed E-state index contributed by atoms with van der Waals surface area (Å²) < 4.78 is 24.2. The highest BCUT2D eigenvalue weighted by Crippen LogP contribution is 2.43. The largest absolute Gasteiger partial charge is 0.354 e. The second-order valence-corrected chi connectivity index (χ2v) is 7.49. The van der Waals surface area contributed by atoms with Crippen molar-refractivity contribution in [2.75, 3.05) is 32.4 Å². The van der Waals surface area contributed by atoms with Gasteiger partial charge in [0.05, 0.1) is 11.7 Å². The summed E-state index contributed by atoms with van der Waals surface area (Å²) in [7, 11) is -3.18. The van der Waals surface area contributed by atoms with Crippen molar-refractivity contribution < 1.29 is 13.2 Å². The van der Waals surface area contributed by atoms with E-state index in [1.807, 2.05) is 0 Å². The van der Waals surface area contributed by atoms with Crippen LogP contribution < -0.4 is 15.4 Å². The monoisotopic (exact) mass is 325 g/mol. The highest BCUT2D eigenvalue weighted by molar-refractivity contribution is 7.88. The first kappa shape index (κ1) is 17.7. The van der Waals surface area contributed by atoms with Gasteiger partial charge in [-0.1, -0.05) is 12.8 Å². The van der Waals surface area contributed by atoms with Gasteiger partial charge in [0.2, 0.25) is 15.9 Å². The zero-order valence-electron chi connectivity index (χ0n) is 11.8. The molecule has 6 nitrogen and oxygen atoms in total. The predicted octanol–water partition coefficient (Wildman–Crippen LogP) is -0.147. The number of sulfonamides is 1. The number of rotatable bonds is 5. The van der Waals surface area contributed by atoms with E-state index in [1.165, 1.54) is 6.42 Å². The SMILES string of the molecule is CS(=O)(=O)NCCNC(=O)[C@@]12CCCC[C@H]1CNC2.Cl. The third kappa shape index (κ3) is 4.07. The van der Waals surface area contributed by atoms with Crippen LogP contribution in [0.15, 0.2) is 0 Å². The van der Waals surface area contributed by atoms with Gasteiger partial charge in [-0.3, -0.25) is 4.79 Å². The Morgan fingerprint density at radius 2 is 2.10 bits per heavy atom. The molecule has 1 amide bonds. The van der Waals surface area contributed by atoms with E-state index in [9.17, 15) is 13.2 Å². The van der Waals surface area contributed by atoms with Crippen LogP contribution in [0.1, 0.15) is 25.7 Å². The Morgan fingerprint density at radius 3 is 2.80 bits per heavy atom. The number of hydrogen-bond donors (Lipinski definition) is 3. The molecule has 118 valence electrons. The number of halogens is 1. The number of carbonyl (C=O) groups excluding carboxylic acids is 1. The second kappa shape index (κ2) is 7.06. The maximum absolute atomic E-state index is 12.4. The van der Waals surface area contributed by atoms with Crippen LogP contribution in [0.2, 0.25) is 0 Å². The fourth-order valence-electron chi connectivity index (χ4n) is 3.28. The van der Waals surface area contributed by atoms with E-state index in [0.717, 1.165) is 38.6 Å². The van der Waals surface area contributed by atoms with E-state index in [-0.39, 0.29) is 30.3 Å². The fourth-order valence-corrected chi connectivity index (χ4v) is 3.75. The molecule has 1 saturated heterocycles. The van der Waals surface area contributed by atoms with Crippen molar-refractivity contribution in [3.05, 3.63) is 0 Å². The molecule has 1 heterocycles. The third-order valence-corrected chi connectivity index (χ3v) is 4.99. The van der Waals surface area contributed by atoms with Crippen LogP contribution in [0.4, 0.5) is 0 Å². The van der Waals surface area contributed by atoms with Gasteiger partial charge in [0, 0.05) is 19.6 Å². The molecule has 1 saturated carbocycles. The maximum Gasteiger partial charge on any atom is 0.227 e. The number of fused-ring (bicyclic) bond motifs is 1. The Hall–Kier alpha value is -0.370. The number of carbonyl (C=O) groups is 1. The molecule has 0 aromatic heterocycles. The lowest BCUT2D eigenvalue weighted by Gasteiger charge is -2.37. The molecule has 2 fully saturated rings. The highest BCUT2D eigenvalue weighted by atomic mass is 35.5. The lowest BCUT2D eigenvalue weighted by atomic mass is 9.67. The summed E-state index contributed by atoms with van der Waals surface area (Å²) in [5, 5.41) is 6.21. The Morgan fingerprint density at radius 1 is 1.35 bits per heavy atom. The average Bonchev–Trinajstić information content (AvgIpc) is 2.78. The van der Waals surface area contributed by atoms with Crippen molar-refractivity contribution in [3.8, 4) is 0 Å². The van der Waals surface area contributed by atoms with E-state index in [2.05, 4.69) is 15.4 Å². The van der Waals surface area contributed by atoms with E-state index >= 15 is 0 Å². The summed E-state index contributed by atoms with van der Waals surface area (Å²) in [5.74, 6) is 0.515. The standard InChI is InChI=1S/C12H23N3O3S.ClH/c1-19(17,18)15-7-6-14-11(16)12-5-3-2-4-10(12)8-13-9-12;/h10,13,15H,2-9H2,1H3,(H,14,16);1H/t10-,12+;/m0./s1. The van der Waals surface area contributed by atoms with Crippen molar-refractivity contribution >= 4 is 28.3 Å². The van der Waals surface area contributed by atoms with Crippen LogP contribution in [0.5, 0.6) is 0 Å². The summed E-state index contributed by atoms with van der Waals surface area (Å²) in [6.45, 7) is 2.27. The van der Waals surface area contributed by atoms with Gasteiger partial charge in [-0.05, 0) is 25.3 Å². The summed E-state index contributed by atoms with van der Waals surface area (Å²) in [4.78, 5) is 12.4. The highest BCUT2D eigenvalue weighted by Gasteiger charge is 2.49. The minimum absolute atomic E-state index is 0. The lowest BCUT2D eigenvalue weighted by molar-refractivity contribution is -0.133. The molecular formula is C12H24ClN3O3S. The van der Waals surface area contributed by atoms with Crippen molar-refractivity contribution in [1.29, 1.82) is 0 Å². The molecule has 20 heavy (non-hydrogen) atoms. The molecule has 1 aliphatic carbocycles. The van der Waals surface area contributed by atoms with Crippen molar-refractivity contribution in [2.24, 2.45) is 11.3 Å². The Kier molecular flexibility index (Phi) is 6.25. The minimum Gasteiger partial charge on any atom is -0.354 e. The molecule has 0 aromatic carbocycles. The Labute approximate surface area is 126 Å². The summed E-state index contributed by atoms with van der Waals surface area (Å²) >= 11 is 0. The predicted molar refractivity (Wildman–Crippen MR) is 80.4 cm³/mol. The average molecular weight is 326 g/mol. The molecule has 8 heteroatoms. The van der Waals surface area contributed by atoms with Gasteiger partial charge >= 0.3 is 0 Å². The van der Waals surface area contributed by atoms with Crippen LogP contribution in [-0.2, 0) is 14.8 Å². The number of nitrogens with one attached hydrogen (secondary N) is 3. The molecule has 0 bridgehead atoms. The quantitative estimate of drug-likeness (QED) is 0.614. The number of hydrogen-bond acceptors (Lipinski definition) is 4. The van der Waals surface area contributed by atoms with Gasteiger partial charge in [-0.15, -0.1) is 12.4 Å². The normalized spacial score (nSPS) is 29.4. The molecule has 0 radical (unpaired) electrons. The van der Waals surface area contributed by atoms with Gasteiger partial charge in [0.15, 0.2) is 0 Å². The zero-order chi connectivity index (χ0) is 13.9. The van der Waals surface area contributed by atoms with Crippen molar-refractivity contribution in [3.63, 3.8) is 0 Å². The first-order valence-corrected chi connectivity index (χ1v) is 8.77. The van der Waals surface area contributed by atoms with E-state index in [1.54, 1.807) is 0 Å². The molecule has 0 spiro atoms. The zero-order valence-corrected chi connectivity index (χ0v) is 13.4. The van der Waals surface area contributed by atoms with Gasteiger partial charge in [-0.2, -0.15) is 0 Å². The van der Waals surface area contributed by atoms with Crippen molar-refractivity contribution in [2.45, 2.75) is 25.7 Å². The maximum atomic E-state index is 12.4. The molecule has 1 aliphatic heterocycles. The van der Waals surface area contributed by atoms with E-state index < -0.39 is 10.0 Å². The fraction of sp³-hybridized carbons (Fsp3) is 0.917. The lowest BCUT2D eigenvalue weighted by Crippen LogP contribution is -2.49. The van der Waals surface area contributed by atoms with Crippen molar-refractivity contribution in [1.82, 2.24) is 15.4 Å². The van der Waals surface area contributed by atoms with Gasteiger partial charge < -0.3 is 10.6 Å². The van der Waals surface area contributed by atoms with Crippen LogP contribution in [0.3, 0.4) is 0 Å². The smallest absolute Gasteiger partial charge is 0.227 e. The number of amides is 1. The summed E-state index contributed by atoms with van der Waals surface area (Å²) in [6, 6.07) is 0. The van der Waals surface area contributed by atoms with Crippen LogP contribution in [0.25, 0.3) is 0 Å². The molecule has 3 N–H and O–H groups in total. The molecule has 2 aliphatic rings. The first-order chi connectivity index (χ1) is 8.94. The van der Waals surface area contributed by atoms with E-state index in [4.69, 9.17) is 0 Å². The topological polar surface area (TPSA) is 87.3 Å². The minimum atomic E-state index is -3.18. The molecule has 2 rings (SSSR count). The second-order valence-electron chi connectivity index (χ2n) is 5.65. The Bertz CT molecular complexity index is 443. The summed E-state index contributed by atoms with van der Waals surface area (Å²) in [5.41, 5.74) is -0.261. The third-order valence-electron chi connectivity index (χ3n) is 4.27. The van der Waals surface area contributed by atoms with Crippen LogP contribution in [-0.4, -0.2) is 46.8 Å². The van der Waals surface area contributed by atoms with Gasteiger partial charge in [0.1, 0.15) is 0 Å². The molecule has 0 unspecified atom stereocenters. The molecular weight excluding hydrogens is 302 g/mol. The van der Waals surface area contributed by atoms with Crippen LogP contribution >= 0.6 is 12.4 Å². The van der Waals surface area contributed by atoms with E-state index in [0.29, 0.717) is 12.5 Å². The molecule has 0 aromatic rings. The summed E-state index contributed by atoms with van der Waals surface area (Å²) in [6.07, 6.45) is 5.48. The molecule has 2 atom stereocenters. The first-order valence-electron chi connectivity index (χ1n) is 6.88. The van der Waals surface area contributed by atoms with Gasteiger partial charge in [-0.25, -0.2) is 13.1 Å².